The molecule has 0 saturated heterocycles. The second-order valence-electron chi connectivity index (χ2n) is 16.3. The Bertz CT molecular complexity index is 2060. The topological polar surface area (TPSA) is 136 Å². The SMILES string of the molecule is C[C@@H](COc1ccnc2c1[C@H](C)CCC2)CC1Cc2ccc(OP(=O)(O)OCCCOCc3ccccc3)cc2C12CCC(Nc1cccc(Cl)c1)(C(=O)O)CC2. The van der Waals surface area contributed by atoms with Crippen molar-refractivity contribution < 1.29 is 37.9 Å². The van der Waals surface area contributed by atoms with Gasteiger partial charge in [0.2, 0.25) is 0 Å². The van der Waals surface area contributed by atoms with Gasteiger partial charge in [-0.1, -0.05) is 67.9 Å². The minimum Gasteiger partial charge on any atom is -0.493 e. The van der Waals surface area contributed by atoms with Gasteiger partial charge in [0, 0.05) is 34.8 Å². The number of aliphatic carboxylic acids is 1. The van der Waals surface area contributed by atoms with Crippen molar-refractivity contribution in [3.63, 3.8) is 0 Å². The number of rotatable bonds is 17. The molecule has 4 aromatic rings. The largest absolute Gasteiger partial charge is 0.527 e. The molecule has 304 valence electrons. The maximum Gasteiger partial charge on any atom is 0.527 e. The van der Waals surface area contributed by atoms with Gasteiger partial charge in [-0.3, -0.25) is 14.4 Å². The molecule has 12 heteroatoms. The van der Waals surface area contributed by atoms with Crippen LogP contribution in [0.1, 0.15) is 99.1 Å². The van der Waals surface area contributed by atoms with Crippen LogP contribution < -0.4 is 14.6 Å². The van der Waals surface area contributed by atoms with Gasteiger partial charge in [-0.15, -0.1) is 0 Å². The molecular formula is C45H54ClN2O8P. The van der Waals surface area contributed by atoms with Gasteiger partial charge in [-0.25, -0.2) is 9.36 Å². The van der Waals surface area contributed by atoms with E-state index in [1.165, 1.54) is 5.56 Å². The Balaban J connectivity index is 1.06. The number of nitrogens with one attached hydrogen (secondary N) is 1. The molecule has 0 amide bonds. The van der Waals surface area contributed by atoms with E-state index in [0.29, 0.717) is 68.6 Å². The van der Waals surface area contributed by atoms with E-state index in [9.17, 15) is 19.4 Å². The first-order valence-corrected chi connectivity index (χ1v) is 22.1. The highest BCUT2D eigenvalue weighted by Gasteiger charge is 2.54. The Morgan fingerprint density at radius 3 is 2.61 bits per heavy atom. The van der Waals surface area contributed by atoms with Crippen molar-refractivity contribution in [2.75, 3.05) is 25.1 Å². The number of aromatic nitrogens is 1. The van der Waals surface area contributed by atoms with Gasteiger partial charge in [0.15, 0.2) is 0 Å². The average Bonchev–Trinajstić information content (AvgIpc) is 3.47. The summed E-state index contributed by atoms with van der Waals surface area (Å²) >= 11 is 6.28. The first kappa shape index (κ1) is 41.2. The number of nitrogens with zero attached hydrogens (tertiary/aromatic N) is 1. The summed E-state index contributed by atoms with van der Waals surface area (Å²) in [5.41, 5.74) is 4.73. The van der Waals surface area contributed by atoms with Crippen LogP contribution in [-0.4, -0.2) is 46.3 Å². The number of pyridine rings is 1. The molecule has 57 heavy (non-hydrogen) atoms. The standard InChI is InChI=1S/C45H54ClN2O8P/c1-31(29-54-41-17-22-47-40-14-6-9-32(2)42(40)41)25-35-26-34-15-16-38(56-57(51,52)55-24-8-23-53-30-33-10-4-3-5-11-33)28-39(34)44(35)18-20-45(21-19-44,43(49)50)48-37-13-7-12-36(46)27-37/h3-5,7,10-13,15-17,22,27-28,31-32,35,48H,6,8-9,14,18-21,23-26,29-30H2,1-2H3,(H,49,50)(H,51,52)/t31-,32-,35?,44?,45?/m1/s1. The number of anilines is 1. The van der Waals surface area contributed by atoms with Crippen molar-refractivity contribution in [2.24, 2.45) is 11.8 Å². The van der Waals surface area contributed by atoms with E-state index >= 15 is 0 Å². The number of carbonyl (C=O) groups is 1. The number of phosphoric acid groups is 1. The van der Waals surface area contributed by atoms with E-state index < -0.39 is 19.3 Å². The molecule has 0 aliphatic heterocycles. The Hall–Kier alpha value is -3.92. The molecule has 3 aliphatic carbocycles. The molecule has 1 aromatic heterocycles. The molecule has 7 rings (SSSR count). The van der Waals surface area contributed by atoms with Crippen molar-refractivity contribution in [3.05, 3.63) is 118 Å². The molecule has 3 aromatic carbocycles. The Morgan fingerprint density at radius 1 is 1.04 bits per heavy atom. The summed E-state index contributed by atoms with van der Waals surface area (Å²) in [5.74, 6) is 1.09. The number of ether oxygens (including phenoxy) is 2. The van der Waals surface area contributed by atoms with Crippen molar-refractivity contribution in [1.82, 2.24) is 4.98 Å². The molecule has 1 saturated carbocycles. The molecular weight excluding hydrogens is 763 g/mol. The molecule has 2 unspecified atom stereocenters. The lowest BCUT2D eigenvalue weighted by Gasteiger charge is -2.47. The summed E-state index contributed by atoms with van der Waals surface area (Å²) in [6.45, 7) is 5.85. The van der Waals surface area contributed by atoms with Crippen molar-refractivity contribution in [1.29, 1.82) is 0 Å². The summed E-state index contributed by atoms with van der Waals surface area (Å²) in [5, 5.41) is 14.5. The van der Waals surface area contributed by atoms with Crippen LogP contribution >= 0.6 is 19.4 Å². The van der Waals surface area contributed by atoms with Crippen LogP contribution in [0.4, 0.5) is 5.69 Å². The van der Waals surface area contributed by atoms with E-state index in [1.807, 2.05) is 66.9 Å². The summed E-state index contributed by atoms with van der Waals surface area (Å²) in [7, 11) is -4.44. The normalized spacial score (nSPS) is 24.2. The zero-order valence-electron chi connectivity index (χ0n) is 32.8. The minimum absolute atomic E-state index is 0.00239. The number of benzene rings is 3. The number of hydrogen-bond donors (Lipinski definition) is 3. The number of carboxylic acid groups (broad SMARTS) is 1. The van der Waals surface area contributed by atoms with E-state index in [-0.39, 0.29) is 29.6 Å². The predicted molar refractivity (Wildman–Crippen MR) is 221 cm³/mol. The molecule has 1 heterocycles. The van der Waals surface area contributed by atoms with Crippen LogP contribution in [0.5, 0.6) is 11.5 Å². The molecule has 10 nitrogen and oxygen atoms in total. The van der Waals surface area contributed by atoms with E-state index in [2.05, 4.69) is 24.1 Å². The van der Waals surface area contributed by atoms with Crippen LogP contribution in [-0.2, 0) is 43.5 Å². The number of aryl methyl sites for hydroxylation is 1. The first-order valence-electron chi connectivity index (χ1n) is 20.2. The highest BCUT2D eigenvalue weighted by Crippen LogP contribution is 2.57. The smallest absolute Gasteiger partial charge is 0.493 e. The van der Waals surface area contributed by atoms with Crippen molar-refractivity contribution in [3.8, 4) is 11.5 Å². The molecule has 1 spiro atoms. The van der Waals surface area contributed by atoms with Gasteiger partial charge in [-0.2, -0.15) is 0 Å². The number of fused-ring (bicyclic) bond motifs is 3. The highest BCUT2D eigenvalue weighted by atomic mass is 35.5. The lowest BCUT2D eigenvalue weighted by atomic mass is 9.59. The maximum atomic E-state index is 13.1. The number of halogens is 1. The third kappa shape index (κ3) is 9.69. The molecule has 3 aliphatic rings. The predicted octanol–water partition coefficient (Wildman–Crippen LogP) is 10.3. The summed E-state index contributed by atoms with van der Waals surface area (Å²) in [6, 6.07) is 24.6. The van der Waals surface area contributed by atoms with Gasteiger partial charge in [0.25, 0.3) is 0 Å². The summed E-state index contributed by atoms with van der Waals surface area (Å²) in [4.78, 5) is 28.4. The number of hydrogen-bond acceptors (Lipinski definition) is 8. The van der Waals surface area contributed by atoms with Crippen LogP contribution in [0, 0.1) is 11.8 Å². The third-order valence-corrected chi connectivity index (χ3v) is 13.5. The van der Waals surface area contributed by atoms with Gasteiger partial charge in [-0.05, 0) is 140 Å². The van der Waals surface area contributed by atoms with E-state index in [0.717, 1.165) is 60.2 Å². The zero-order valence-corrected chi connectivity index (χ0v) is 34.5. The van der Waals surface area contributed by atoms with Crippen molar-refractivity contribution in [2.45, 2.75) is 102 Å². The first-order chi connectivity index (χ1) is 27.5. The summed E-state index contributed by atoms with van der Waals surface area (Å²) in [6.07, 6.45) is 9.18. The third-order valence-electron chi connectivity index (χ3n) is 12.3. The second-order valence-corrected chi connectivity index (χ2v) is 18.1. The Kier molecular flexibility index (Phi) is 13.0. The van der Waals surface area contributed by atoms with Crippen LogP contribution in [0.2, 0.25) is 5.02 Å². The Labute approximate surface area is 340 Å². The fraction of sp³-hybridized carbons (Fsp3) is 0.467. The van der Waals surface area contributed by atoms with Crippen LogP contribution in [0.15, 0.2) is 85.1 Å². The van der Waals surface area contributed by atoms with Gasteiger partial charge < -0.3 is 24.4 Å². The quantitative estimate of drug-likeness (QED) is 0.0698. The lowest BCUT2D eigenvalue weighted by Crippen LogP contribution is -2.53. The molecule has 1 fully saturated rings. The van der Waals surface area contributed by atoms with Crippen LogP contribution in [0.25, 0.3) is 0 Å². The number of phosphoric ester groups is 1. The summed E-state index contributed by atoms with van der Waals surface area (Å²) < 4.78 is 36.4. The monoisotopic (exact) mass is 816 g/mol. The lowest BCUT2D eigenvalue weighted by molar-refractivity contribution is -0.144. The van der Waals surface area contributed by atoms with Gasteiger partial charge >= 0.3 is 13.8 Å². The molecule has 3 N–H and O–H groups in total. The van der Waals surface area contributed by atoms with Crippen LogP contribution in [0.3, 0.4) is 0 Å². The fourth-order valence-corrected chi connectivity index (χ4v) is 10.4. The second kappa shape index (κ2) is 17.9. The van der Waals surface area contributed by atoms with Crippen molar-refractivity contribution >= 4 is 31.1 Å². The number of carboxylic acids is 1. The van der Waals surface area contributed by atoms with E-state index in [1.54, 1.807) is 18.2 Å². The Morgan fingerprint density at radius 2 is 1.84 bits per heavy atom. The fourth-order valence-electron chi connectivity index (χ4n) is 9.40. The van der Waals surface area contributed by atoms with Gasteiger partial charge in [0.1, 0.15) is 17.0 Å². The molecule has 4 atom stereocenters. The van der Waals surface area contributed by atoms with E-state index in [4.69, 9.17) is 30.1 Å². The molecule has 0 bridgehead atoms. The average molecular weight is 817 g/mol. The zero-order chi connectivity index (χ0) is 40.0. The minimum atomic E-state index is -4.44. The molecule has 0 radical (unpaired) electrons. The highest BCUT2D eigenvalue weighted by molar-refractivity contribution is 7.47. The van der Waals surface area contributed by atoms with Gasteiger partial charge in [0.05, 0.1) is 19.8 Å². The maximum absolute atomic E-state index is 13.1.